The maximum atomic E-state index is 9.24. The van der Waals surface area contributed by atoms with Crippen LogP contribution in [0.5, 0.6) is 5.75 Å². The Morgan fingerprint density at radius 2 is 2.20 bits per heavy atom. The standard InChI is InChI=1S/C13H18O2/c1-9(8-14)13-7-11(15-2)5-6-12(13)10-3-4-10/h5-7,9-10,14H,3-4,8H2,1-2H3. The molecule has 15 heavy (non-hydrogen) atoms. The zero-order chi connectivity index (χ0) is 10.8. The molecule has 1 atom stereocenters. The highest BCUT2D eigenvalue weighted by Crippen LogP contribution is 2.44. The Morgan fingerprint density at radius 3 is 2.73 bits per heavy atom. The summed E-state index contributed by atoms with van der Waals surface area (Å²) in [4.78, 5) is 0. The minimum Gasteiger partial charge on any atom is -0.497 e. The molecule has 1 N–H and O–H groups in total. The molecule has 2 rings (SSSR count). The van der Waals surface area contributed by atoms with Crippen LogP contribution in [0, 0.1) is 0 Å². The molecule has 2 nitrogen and oxygen atoms in total. The first-order valence-electron chi connectivity index (χ1n) is 5.55. The molecular formula is C13H18O2. The van der Waals surface area contributed by atoms with E-state index in [1.165, 1.54) is 24.0 Å². The molecule has 1 aromatic carbocycles. The number of hydrogen-bond acceptors (Lipinski definition) is 2. The van der Waals surface area contributed by atoms with E-state index in [1.807, 2.05) is 6.07 Å². The average molecular weight is 206 g/mol. The third-order valence-electron chi connectivity index (χ3n) is 3.12. The molecule has 0 heterocycles. The van der Waals surface area contributed by atoms with Crippen LogP contribution in [0.15, 0.2) is 18.2 Å². The fourth-order valence-corrected chi connectivity index (χ4v) is 1.97. The summed E-state index contributed by atoms with van der Waals surface area (Å²) in [7, 11) is 1.68. The summed E-state index contributed by atoms with van der Waals surface area (Å²) in [6.07, 6.45) is 2.58. The van der Waals surface area contributed by atoms with Crippen molar-refractivity contribution in [2.75, 3.05) is 13.7 Å². The third kappa shape index (κ3) is 2.15. The molecule has 82 valence electrons. The van der Waals surface area contributed by atoms with E-state index in [2.05, 4.69) is 19.1 Å². The first kappa shape index (κ1) is 10.5. The van der Waals surface area contributed by atoms with Crippen LogP contribution in [0.4, 0.5) is 0 Å². The first-order valence-corrected chi connectivity index (χ1v) is 5.55. The summed E-state index contributed by atoms with van der Waals surface area (Å²) in [6, 6.07) is 6.23. The highest BCUT2D eigenvalue weighted by atomic mass is 16.5. The van der Waals surface area contributed by atoms with E-state index in [-0.39, 0.29) is 12.5 Å². The topological polar surface area (TPSA) is 29.5 Å². The van der Waals surface area contributed by atoms with Crippen molar-refractivity contribution in [2.24, 2.45) is 0 Å². The zero-order valence-electron chi connectivity index (χ0n) is 9.36. The van der Waals surface area contributed by atoms with Crippen molar-refractivity contribution in [3.8, 4) is 5.75 Å². The molecule has 0 bridgehead atoms. The number of hydrogen-bond donors (Lipinski definition) is 1. The van der Waals surface area contributed by atoms with Crippen LogP contribution in [0.25, 0.3) is 0 Å². The lowest BCUT2D eigenvalue weighted by atomic mass is 9.93. The van der Waals surface area contributed by atoms with Crippen molar-refractivity contribution in [3.05, 3.63) is 29.3 Å². The Balaban J connectivity index is 2.36. The monoisotopic (exact) mass is 206 g/mol. The molecular weight excluding hydrogens is 188 g/mol. The van der Waals surface area contributed by atoms with Gasteiger partial charge in [0.15, 0.2) is 0 Å². The van der Waals surface area contributed by atoms with Gasteiger partial charge in [-0.25, -0.2) is 0 Å². The molecule has 1 unspecified atom stereocenters. The van der Waals surface area contributed by atoms with E-state index in [1.54, 1.807) is 7.11 Å². The molecule has 1 fully saturated rings. The van der Waals surface area contributed by atoms with Gasteiger partial charge >= 0.3 is 0 Å². The number of benzene rings is 1. The van der Waals surface area contributed by atoms with Crippen molar-refractivity contribution in [3.63, 3.8) is 0 Å². The van der Waals surface area contributed by atoms with Gasteiger partial charge in [0.2, 0.25) is 0 Å². The SMILES string of the molecule is COc1ccc(C2CC2)c(C(C)CO)c1. The summed E-state index contributed by atoms with van der Waals surface area (Å²) in [5.74, 6) is 1.81. The lowest BCUT2D eigenvalue weighted by Crippen LogP contribution is -2.03. The van der Waals surface area contributed by atoms with Crippen LogP contribution in [-0.2, 0) is 0 Å². The van der Waals surface area contributed by atoms with E-state index >= 15 is 0 Å². The van der Waals surface area contributed by atoms with Crippen LogP contribution in [0.2, 0.25) is 0 Å². The minimum absolute atomic E-state index is 0.201. The molecule has 2 heteroatoms. The second kappa shape index (κ2) is 4.23. The van der Waals surface area contributed by atoms with Gasteiger partial charge in [-0.05, 0) is 42.0 Å². The van der Waals surface area contributed by atoms with Gasteiger partial charge in [-0.1, -0.05) is 13.0 Å². The number of aliphatic hydroxyl groups is 1. The largest absolute Gasteiger partial charge is 0.497 e. The molecule has 1 aromatic rings. The van der Waals surface area contributed by atoms with Gasteiger partial charge in [0.25, 0.3) is 0 Å². The minimum atomic E-state index is 0.201. The van der Waals surface area contributed by atoms with Gasteiger partial charge in [-0.3, -0.25) is 0 Å². The van der Waals surface area contributed by atoms with Crippen LogP contribution in [0.3, 0.4) is 0 Å². The summed E-state index contributed by atoms with van der Waals surface area (Å²) in [5, 5.41) is 9.24. The lowest BCUT2D eigenvalue weighted by Gasteiger charge is -2.15. The maximum absolute atomic E-state index is 9.24. The summed E-state index contributed by atoms with van der Waals surface area (Å²) < 4.78 is 5.22. The third-order valence-corrected chi connectivity index (χ3v) is 3.12. The second-order valence-corrected chi connectivity index (χ2v) is 4.35. The quantitative estimate of drug-likeness (QED) is 0.820. The molecule has 1 aliphatic carbocycles. The van der Waals surface area contributed by atoms with Gasteiger partial charge < -0.3 is 9.84 Å². The van der Waals surface area contributed by atoms with Gasteiger partial charge in [-0.15, -0.1) is 0 Å². The summed E-state index contributed by atoms with van der Waals surface area (Å²) >= 11 is 0. The van der Waals surface area contributed by atoms with Crippen molar-refractivity contribution < 1.29 is 9.84 Å². The van der Waals surface area contributed by atoms with E-state index in [4.69, 9.17) is 4.74 Å². The Bertz CT molecular complexity index is 342. The first-order chi connectivity index (χ1) is 7.26. The number of rotatable bonds is 4. The molecule has 0 spiro atoms. The number of methoxy groups -OCH3 is 1. The molecule has 1 saturated carbocycles. The molecule has 0 radical (unpaired) electrons. The molecule has 0 saturated heterocycles. The van der Waals surface area contributed by atoms with Crippen LogP contribution in [-0.4, -0.2) is 18.8 Å². The van der Waals surface area contributed by atoms with Crippen LogP contribution < -0.4 is 4.74 Å². The smallest absolute Gasteiger partial charge is 0.119 e. The number of ether oxygens (including phenoxy) is 1. The summed E-state index contributed by atoms with van der Waals surface area (Å²) in [5.41, 5.74) is 2.65. The zero-order valence-corrected chi connectivity index (χ0v) is 9.36. The lowest BCUT2D eigenvalue weighted by molar-refractivity contribution is 0.272. The Kier molecular flexibility index (Phi) is 2.96. The normalized spacial score (nSPS) is 17.5. The van der Waals surface area contributed by atoms with E-state index in [0.29, 0.717) is 0 Å². The molecule has 0 amide bonds. The Hall–Kier alpha value is -1.02. The number of aliphatic hydroxyl groups excluding tert-OH is 1. The summed E-state index contributed by atoms with van der Waals surface area (Å²) in [6.45, 7) is 2.26. The van der Waals surface area contributed by atoms with E-state index < -0.39 is 0 Å². The molecule has 0 aromatic heterocycles. The van der Waals surface area contributed by atoms with Crippen molar-refractivity contribution in [2.45, 2.75) is 31.6 Å². The highest BCUT2D eigenvalue weighted by molar-refractivity contribution is 5.41. The second-order valence-electron chi connectivity index (χ2n) is 4.35. The van der Waals surface area contributed by atoms with Crippen LogP contribution >= 0.6 is 0 Å². The van der Waals surface area contributed by atoms with Gasteiger partial charge in [0.1, 0.15) is 5.75 Å². The molecule has 1 aliphatic rings. The highest BCUT2D eigenvalue weighted by Gasteiger charge is 2.27. The fourth-order valence-electron chi connectivity index (χ4n) is 1.97. The van der Waals surface area contributed by atoms with E-state index in [9.17, 15) is 5.11 Å². The van der Waals surface area contributed by atoms with E-state index in [0.717, 1.165) is 11.7 Å². The fraction of sp³-hybridized carbons (Fsp3) is 0.538. The maximum Gasteiger partial charge on any atom is 0.119 e. The Labute approximate surface area is 90.9 Å². The average Bonchev–Trinajstić information content (AvgIpc) is 3.11. The van der Waals surface area contributed by atoms with Crippen LogP contribution in [0.1, 0.15) is 42.7 Å². The van der Waals surface area contributed by atoms with Crippen molar-refractivity contribution >= 4 is 0 Å². The van der Waals surface area contributed by atoms with Gasteiger partial charge in [0, 0.05) is 12.5 Å². The van der Waals surface area contributed by atoms with Gasteiger partial charge in [0.05, 0.1) is 7.11 Å². The Morgan fingerprint density at radius 1 is 1.47 bits per heavy atom. The predicted molar refractivity (Wildman–Crippen MR) is 60.5 cm³/mol. The predicted octanol–water partition coefficient (Wildman–Crippen LogP) is 2.67. The molecule has 0 aliphatic heterocycles. The van der Waals surface area contributed by atoms with Crippen molar-refractivity contribution in [1.29, 1.82) is 0 Å². The van der Waals surface area contributed by atoms with Crippen molar-refractivity contribution in [1.82, 2.24) is 0 Å². The van der Waals surface area contributed by atoms with Gasteiger partial charge in [-0.2, -0.15) is 0 Å².